The van der Waals surface area contributed by atoms with Crippen LogP contribution in [0.2, 0.25) is 0 Å². The summed E-state index contributed by atoms with van der Waals surface area (Å²) < 4.78 is 5.05. The van der Waals surface area contributed by atoms with Crippen molar-refractivity contribution >= 4 is 0 Å². The minimum absolute atomic E-state index is 0.255. The predicted octanol–water partition coefficient (Wildman–Crippen LogP) is 0.0929. The highest BCUT2D eigenvalue weighted by Crippen LogP contribution is 2.11. The van der Waals surface area contributed by atoms with Crippen LogP contribution in [-0.2, 0) is 6.54 Å². The molecule has 5 nitrogen and oxygen atoms in total. The number of nitrogens with zero attached hydrogens (tertiary/aromatic N) is 3. The first kappa shape index (κ1) is 11.6. The van der Waals surface area contributed by atoms with E-state index in [9.17, 15) is 0 Å². The fourth-order valence-electron chi connectivity index (χ4n) is 2.02. The zero-order valence-corrected chi connectivity index (χ0v) is 9.72. The molecule has 2 rings (SSSR count). The zero-order valence-electron chi connectivity index (χ0n) is 9.72. The maximum atomic E-state index is 8.85. The topological polar surface area (TPSA) is 52.7 Å². The van der Waals surface area contributed by atoms with Gasteiger partial charge in [0.2, 0.25) is 0 Å². The molecule has 0 saturated carbocycles. The van der Waals surface area contributed by atoms with Crippen LogP contribution in [0, 0.1) is 6.92 Å². The SMILES string of the molecule is Cc1oncc1CN1CCN(CCO)CC1. The Bertz CT molecular complexity index is 319. The second kappa shape index (κ2) is 5.43. The molecule has 0 amide bonds. The molecule has 90 valence electrons. The van der Waals surface area contributed by atoms with Crippen LogP contribution in [0.1, 0.15) is 11.3 Å². The van der Waals surface area contributed by atoms with Gasteiger partial charge in [0.15, 0.2) is 0 Å². The van der Waals surface area contributed by atoms with E-state index in [-0.39, 0.29) is 6.61 Å². The lowest BCUT2D eigenvalue weighted by molar-refractivity contribution is 0.108. The number of rotatable bonds is 4. The quantitative estimate of drug-likeness (QED) is 0.787. The molecule has 1 aliphatic rings. The molecule has 16 heavy (non-hydrogen) atoms. The molecule has 2 heterocycles. The lowest BCUT2D eigenvalue weighted by atomic mass is 10.2. The molecule has 1 N–H and O–H groups in total. The van der Waals surface area contributed by atoms with Crippen LogP contribution in [-0.4, -0.2) is 59.4 Å². The summed E-state index contributed by atoms with van der Waals surface area (Å²) in [6.45, 7) is 8.07. The summed E-state index contributed by atoms with van der Waals surface area (Å²) >= 11 is 0. The van der Waals surface area contributed by atoms with E-state index in [0.29, 0.717) is 0 Å². The highest BCUT2D eigenvalue weighted by atomic mass is 16.5. The van der Waals surface area contributed by atoms with Gasteiger partial charge in [-0.05, 0) is 6.92 Å². The van der Waals surface area contributed by atoms with E-state index < -0.39 is 0 Å². The van der Waals surface area contributed by atoms with Gasteiger partial charge in [0.05, 0.1) is 12.8 Å². The summed E-state index contributed by atoms with van der Waals surface area (Å²) in [5.41, 5.74) is 1.18. The Kier molecular flexibility index (Phi) is 3.93. The van der Waals surface area contributed by atoms with Crippen molar-refractivity contribution in [3.63, 3.8) is 0 Å². The molecule has 0 atom stereocenters. The largest absolute Gasteiger partial charge is 0.395 e. The van der Waals surface area contributed by atoms with Crippen molar-refractivity contribution < 1.29 is 9.63 Å². The molecular formula is C11H19N3O2. The third-order valence-corrected chi connectivity index (χ3v) is 3.13. The van der Waals surface area contributed by atoms with Crippen molar-refractivity contribution in [3.05, 3.63) is 17.5 Å². The van der Waals surface area contributed by atoms with E-state index in [1.165, 1.54) is 5.56 Å². The van der Waals surface area contributed by atoms with Crippen LogP contribution in [0.4, 0.5) is 0 Å². The summed E-state index contributed by atoms with van der Waals surface area (Å²) in [6, 6.07) is 0. The Morgan fingerprint density at radius 3 is 2.56 bits per heavy atom. The first-order valence-electron chi connectivity index (χ1n) is 5.75. The molecule has 1 aromatic rings. The van der Waals surface area contributed by atoms with Crippen molar-refractivity contribution in [2.75, 3.05) is 39.3 Å². The highest BCUT2D eigenvalue weighted by molar-refractivity contribution is 5.11. The van der Waals surface area contributed by atoms with E-state index in [0.717, 1.165) is 45.0 Å². The molecule has 0 radical (unpaired) electrons. The van der Waals surface area contributed by atoms with Crippen LogP contribution in [0.25, 0.3) is 0 Å². The minimum Gasteiger partial charge on any atom is -0.395 e. The first-order valence-corrected chi connectivity index (χ1v) is 5.75. The van der Waals surface area contributed by atoms with E-state index in [1.54, 1.807) is 6.20 Å². The summed E-state index contributed by atoms with van der Waals surface area (Å²) in [7, 11) is 0. The molecule has 1 aromatic heterocycles. The van der Waals surface area contributed by atoms with E-state index in [1.807, 2.05) is 6.92 Å². The molecule has 1 saturated heterocycles. The zero-order chi connectivity index (χ0) is 11.4. The number of hydrogen-bond donors (Lipinski definition) is 1. The number of aromatic nitrogens is 1. The lowest BCUT2D eigenvalue weighted by Crippen LogP contribution is -2.46. The summed E-state index contributed by atoms with van der Waals surface area (Å²) in [5, 5.41) is 12.6. The minimum atomic E-state index is 0.255. The van der Waals surface area contributed by atoms with Gasteiger partial charge in [-0.25, -0.2) is 0 Å². The Hall–Kier alpha value is -0.910. The molecule has 0 spiro atoms. The number of piperazine rings is 1. The van der Waals surface area contributed by atoms with E-state index >= 15 is 0 Å². The summed E-state index contributed by atoms with van der Waals surface area (Å²) in [6.07, 6.45) is 1.80. The molecule has 0 bridgehead atoms. The molecule has 0 unspecified atom stereocenters. The fourth-order valence-corrected chi connectivity index (χ4v) is 2.02. The van der Waals surface area contributed by atoms with Crippen LogP contribution in [0.5, 0.6) is 0 Å². The second-order valence-electron chi connectivity index (χ2n) is 4.25. The first-order chi connectivity index (χ1) is 7.79. The van der Waals surface area contributed by atoms with Gasteiger partial charge in [-0.1, -0.05) is 5.16 Å². The van der Waals surface area contributed by atoms with Crippen molar-refractivity contribution in [1.82, 2.24) is 15.0 Å². The van der Waals surface area contributed by atoms with Gasteiger partial charge in [-0.3, -0.25) is 9.80 Å². The van der Waals surface area contributed by atoms with Gasteiger partial charge in [0.1, 0.15) is 5.76 Å². The predicted molar refractivity (Wildman–Crippen MR) is 60.0 cm³/mol. The molecule has 0 aromatic carbocycles. The third-order valence-electron chi connectivity index (χ3n) is 3.13. The lowest BCUT2D eigenvalue weighted by Gasteiger charge is -2.34. The maximum Gasteiger partial charge on any atom is 0.138 e. The standard InChI is InChI=1S/C11H19N3O2/c1-10-11(8-12-16-10)9-14-4-2-13(3-5-14)6-7-15/h8,15H,2-7,9H2,1H3. The summed E-state index contributed by atoms with van der Waals surface area (Å²) in [5.74, 6) is 0.915. The Labute approximate surface area is 95.6 Å². The average molecular weight is 225 g/mol. The van der Waals surface area contributed by atoms with Crippen LogP contribution >= 0.6 is 0 Å². The Morgan fingerprint density at radius 1 is 1.31 bits per heavy atom. The number of β-amino-alcohol motifs (C(OH)–C–C–N with tert-alkyl or cyclic N) is 1. The van der Waals surface area contributed by atoms with E-state index in [4.69, 9.17) is 9.63 Å². The van der Waals surface area contributed by atoms with Gasteiger partial charge in [-0.2, -0.15) is 0 Å². The van der Waals surface area contributed by atoms with Crippen molar-refractivity contribution in [1.29, 1.82) is 0 Å². The Morgan fingerprint density at radius 2 is 2.00 bits per heavy atom. The maximum absolute atomic E-state index is 8.85. The smallest absolute Gasteiger partial charge is 0.138 e. The molecular weight excluding hydrogens is 206 g/mol. The highest BCUT2D eigenvalue weighted by Gasteiger charge is 2.17. The molecule has 0 aliphatic carbocycles. The number of aryl methyl sites for hydroxylation is 1. The van der Waals surface area contributed by atoms with E-state index in [2.05, 4.69) is 15.0 Å². The molecule has 1 fully saturated rings. The van der Waals surface area contributed by atoms with Gasteiger partial charge >= 0.3 is 0 Å². The van der Waals surface area contributed by atoms with Crippen molar-refractivity contribution in [2.24, 2.45) is 0 Å². The average Bonchev–Trinajstić information content (AvgIpc) is 2.68. The van der Waals surface area contributed by atoms with Crippen molar-refractivity contribution in [2.45, 2.75) is 13.5 Å². The number of aliphatic hydroxyl groups is 1. The number of aliphatic hydroxyl groups excluding tert-OH is 1. The Balaban J connectivity index is 1.79. The molecule has 5 heteroatoms. The van der Waals surface area contributed by atoms with Crippen LogP contribution in [0.3, 0.4) is 0 Å². The van der Waals surface area contributed by atoms with Gasteiger partial charge < -0.3 is 9.63 Å². The van der Waals surface area contributed by atoms with Gasteiger partial charge in [0.25, 0.3) is 0 Å². The van der Waals surface area contributed by atoms with Crippen molar-refractivity contribution in [3.8, 4) is 0 Å². The van der Waals surface area contributed by atoms with Gasteiger partial charge in [0, 0.05) is 44.8 Å². The fraction of sp³-hybridized carbons (Fsp3) is 0.727. The van der Waals surface area contributed by atoms with Crippen LogP contribution in [0.15, 0.2) is 10.7 Å². The molecule has 1 aliphatic heterocycles. The third kappa shape index (κ3) is 2.81. The van der Waals surface area contributed by atoms with Crippen LogP contribution < -0.4 is 0 Å². The van der Waals surface area contributed by atoms with Gasteiger partial charge in [-0.15, -0.1) is 0 Å². The summed E-state index contributed by atoms with van der Waals surface area (Å²) in [4.78, 5) is 4.68. The second-order valence-corrected chi connectivity index (χ2v) is 4.25. The number of hydrogen-bond acceptors (Lipinski definition) is 5. The normalized spacial score (nSPS) is 19.1. The monoisotopic (exact) mass is 225 g/mol.